The minimum Gasteiger partial charge on any atom is -0.444 e. The first-order valence-corrected chi connectivity index (χ1v) is 6.77. The van der Waals surface area contributed by atoms with Crippen molar-refractivity contribution in [2.45, 2.75) is 33.4 Å². The first-order chi connectivity index (χ1) is 8.97. The monoisotopic (exact) mass is 280 g/mol. The molecule has 0 radical (unpaired) electrons. The molecule has 2 rings (SSSR count). The summed E-state index contributed by atoms with van der Waals surface area (Å²) in [6.45, 7) is 5.78. The van der Waals surface area contributed by atoms with Gasteiger partial charge in [0, 0.05) is 5.38 Å². The zero-order valence-corrected chi connectivity index (χ0v) is 11.9. The van der Waals surface area contributed by atoms with Gasteiger partial charge in [0.15, 0.2) is 0 Å². The molecule has 2 aromatic rings. The van der Waals surface area contributed by atoms with Gasteiger partial charge >= 0.3 is 0 Å². The Kier molecular flexibility index (Phi) is 3.96. The number of amides is 1. The third-order valence-corrected chi connectivity index (χ3v) is 3.66. The molecule has 0 bridgehead atoms. The molecule has 1 unspecified atom stereocenters. The molecule has 1 atom stereocenters. The third kappa shape index (κ3) is 3.18. The largest absolute Gasteiger partial charge is 0.444 e. The van der Waals surface area contributed by atoms with Gasteiger partial charge in [-0.2, -0.15) is 0 Å². The van der Waals surface area contributed by atoms with E-state index in [1.165, 1.54) is 11.3 Å². The lowest BCUT2D eigenvalue weighted by Gasteiger charge is -2.00. The van der Waals surface area contributed by atoms with E-state index >= 15 is 0 Å². The van der Waals surface area contributed by atoms with Crippen molar-refractivity contribution in [1.29, 1.82) is 0 Å². The molecule has 3 N–H and O–H groups in total. The van der Waals surface area contributed by atoms with E-state index in [2.05, 4.69) is 15.3 Å². The third-order valence-electron chi connectivity index (χ3n) is 2.62. The number of thiazole rings is 1. The van der Waals surface area contributed by atoms with Crippen molar-refractivity contribution in [2.24, 2.45) is 5.73 Å². The van der Waals surface area contributed by atoms with Crippen molar-refractivity contribution in [3.05, 3.63) is 33.4 Å². The van der Waals surface area contributed by atoms with Crippen LogP contribution in [0.4, 0.5) is 0 Å². The second-order valence-corrected chi connectivity index (χ2v) is 5.18. The van der Waals surface area contributed by atoms with Gasteiger partial charge in [0.05, 0.1) is 18.3 Å². The Labute approximate surface area is 115 Å². The van der Waals surface area contributed by atoms with E-state index < -0.39 is 0 Å². The van der Waals surface area contributed by atoms with Crippen LogP contribution >= 0.6 is 11.3 Å². The van der Waals surface area contributed by atoms with E-state index in [1.807, 2.05) is 20.8 Å². The number of carbonyl (C=O) groups is 1. The number of carbonyl (C=O) groups excluding carboxylic acids is 1. The molecule has 0 saturated heterocycles. The van der Waals surface area contributed by atoms with Crippen molar-refractivity contribution in [2.75, 3.05) is 0 Å². The Hall–Kier alpha value is -1.73. The van der Waals surface area contributed by atoms with Crippen LogP contribution in [0.3, 0.4) is 0 Å². The summed E-state index contributed by atoms with van der Waals surface area (Å²) in [6, 6.07) is -0.163. The molecule has 0 spiro atoms. The molecule has 2 heterocycles. The molecule has 0 saturated carbocycles. The fourth-order valence-electron chi connectivity index (χ4n) is 1.46. The summed E-state index contributed by atoms with van der Waals surface area (Å²) < 4.78 is 5.38. The number of hydrogen-bond acceptors (Lipinski definition) is 6. The van der Waals surface area contributed by atoms with E-state index in [1.54, 1.807) is 5.38 Å². The van der Waals surface area contributed by atoms with Crippen LogP contribution in [0.2, 0.25) is 0 Å². The van der Waals surface area contributed by atoms with Crippen molar-refractivity contribution < 1.29 is 9.21 Å². The van der Waals surface area contributed by atoms with E-state index in [4.69, 9.17) is 10.2 Å². The highest BCUT2D eigenvalue weighted by Crippen LogP contribution is 2.15. The van der Waals surface area contributed by atoms with E-state index in [0.717, 1.165) is 16.5 Å². The highest BCUT2D eigenvalue weighted by molar-refractivity contribution is 7.09. The number of nitrogens with zero attached hydrogens (tertiary/aromatic N) is 2. The maximum atomic E-state index is 11.9. The van der Waals surface area contributed by atoms with Crippen LogP contribution in [0.25, 0.3) is 0 Å². The molecule has 6 nitrogen and oxygen atoms in total. The Morgan fingerprint density at radius 2 is 2.26 bits per heavy atom. The van der Waals surface area contributed by atoms with Crippen molar-refractivity contribution in [1.82, 2.24) is 15.3 Å². The number of hydrogen-bond donors (Lipinski definition) is 2. The number of rotatable bonds is 4. The Bertz CT molecular complexity index is 569. The maximum Gasteiger partial charge on any atom is 0.271 e. The predicted octanol–water partition coefficient (Wildman–Crippen LogP) is 1.70. The van der Waals surface area contributed by atoms with Crippen LogP contribution in [0.1, 0.15) is 45.8 Å². The average molecular weight is 280 g/mol. The number of oxazole rings is 1. The van der Waals surface area contributed by atoms with E-state index in [0.29, 0.717) is 11.6 Å². The molecule has 0 aromatic carbocycles. The summed E-state index contributed by atoms with van der Waals surface area (Å²) in [6.07, 6.45) is 0. The molecule has 0 aliphatic rings. The average Bonchev–Trinajstić information content (AvgIpc) is 2.95. The van der Waals surface area contributed by atoms with Gasteiger partial charge in [0.2, 0.25) is 5.89 Å². The van der Waals surface area contributed by atoms with E-state index in [9.17, 15) is 4.79 Å². The molecule has 19 heavy (non-hydrogen) atoms. The van der Waals surface area contributed by atoms with Gasteiger partial charge in [-0.3, -0.25) is 4.79 Å². The molecule has 1 amide bonds. The lowest BCUT2D eigenvalue weighted by Crippen LogP contribution is -2.23. The lowest BCUT2D eigenvalue weighted by molar-refractivity contribution is 0.0942. The van der Waals surface area contributed by atoms with Gasteiger partial charge in [0.1, 0.15) is 16.5 Å². The molecule has 102 valence electrons. The summed E-state index contributed by atoms with van der Waals surface area (Å²) in [5.74, 6) is 1.000. The molecule has 2 aromatic heterocycles. The first-order valence-electron chi connectivity index (χ1n) is 5.89. The normalized spacial score (nSPS) is 12.4. The Balaban J connectivity index is 1.97. The standard InChI is InChI=1S/C12H16N4O2S/c1-6(13)12-16-9(5-19-12)11(17)14-4-10-15-7(2)8(3)18-10/h5-6H,4,13H2,1-3H3,(H,14,17). The quantitative estimate of drug-likeness (QED) is 0.889. The molecular formula is C12H16N4O2S. The van der Waals surface area contributed by atoms with Gasteiger partial charge in [-0.05, 0) is 20.8 Å². The minimum atomic E-state index is -0.253. The van der Waals surface area contributed by atoms with Gasteiger partial charge < -0.3 is 15.5 Å². The first kappa shape index (κ1) is 13.7. The van der Waals surface area contributed by atoms with Crippen LogP contribution < -0.4 is 11.1 Å². The highest BCUT2D eigenvalue weighted by Gasteiger charge is 2.13. The summed E-state index contributed by atoms with van der Waals surface area (Å²) in [4.78, 5) is 20.2. The van der Waals surface area contributed by atoms with Crippen LogP contribution in [0.15, 0.2) is 9.80 Å². The molecular weight excluding hydrogens is 264 g/mol. The fraction of sp³-hybridized carbons (Fsp3) is 0.417. The number of nitrogens with two attached hydrogens (primary N) is 1. The SMILES string of the molecule is Cc1nc(CNC(=O)c2csc(C(C)N)n2)oc1C. The van der Waals surface area contributed by atoms with Crippen molar-refractivity contribution in [3.63, 3.8) is 0 Å². The summed E-state index contributed by atoms with van der Waals surface area (Å²) in [5, 5.41) is 5.15. The summed E-state index contributed by atoms with van der Waals surface area (Å²) >= 11 is 1.38. The van der Waals surface area contributed by atoms with Gasteiger partial charge in [0.25, 0.3) is 5.91 Å². The van der Waals surface area contributed by atoms with Gasteiger partial charge in [-0.25, -0.2) is 9.97 Å². The highest BCUT2D eigenvalue weighted by atomic mass is 32.1. The lowest BCUT2D eigenvalue weighted by atomic mass is 10.4. The smallest absolute Gasteiger partial charge is 0.271 e. The van der Waals surface area contributed by atoms with Crippen LogP contribution in [-0.2, 0) is 6.54 Å². The maximum absolute atomic E-state index is 11.9. The van der Waals surface area contributed by atoms with Gasteiger partial charge in [-0.15, -0.1) is 11.3 Å². The zero-order valence-electron chi connectivity index (χ0n) is 11.1. The fourth-order valence-corrected chi connectivity index (χ4v) is 2.22. The van der Waals surface area contributed by atoms with E-state index in [-0.39, 0.29) is 18.5 Å². The minimum absolute atomic E-state index is 0.163. The predicted molar refractivity (Wildman–Crippen MR) is 71.9 cm³/mol. The zero-order chi connectivity index (χ0) is 14.0. The Morgan fingerprint density at radius 3 is 2.79 bits per heavy atom. The van der Waals surface area contributed by atoms with Crippen LogP contribution in [0, 0.1) is 13.8 Å². The summed E-state index contributed by atoms with van der Waals surface area (Å²) in [5.41, 5.74) is 6.91. The number of nitrogens with one attached hydrogen (secondary N) is 1. The van der Waals surface area contributed by atoms with Crippen molar-refractivity contribution in [3.8, 4) is 0 Å². The van der Waals surface area contributed by atoms with Crippen molar-refractivity contribution >= 4 is 17.2 Å². The topological polar surface area (TPSA) is 94.0 Å². The van der Waals surface area contributed by atoms with Crippen LogP contribution in [0.5, 0.6) is 0 Å². The molecule has 0 fully saturated rings. The second-order valence-electron chi connectivity index (χ2n) is 4.29. The molecule has 0 aliphatic carbocycles. The summed E-state index contributed by atoms with van der Waals surface area (Å²) in [7, 11) is 0. The van der Waals surface area contributed by atoms with Crippen LogP contribution in [-0.4, -0.2) is 15.9 Å². The second kappa shape index (κ2) is 5.50. The number of aryl methyl sites for hydroxylation is 2. The van der Waals surface area contributed by atoms with Gasteiger partial charge in [-0.1, -0.05) is 0 Å². The Morgan fingerprint density at radius 1 is 1.53 bits per heavy atom. The molecule has 0 aliphatic heterocycles. The molecule has 7 heteroatoms. The number of aromatic nitrogens is 2.